The summed E-state index contributed by atoms with van der Waals surface area (Å²) in [7, 11) is 0. The Labute approximate surface area is 170 Å². The van der Waals surface area contributed by atoms with E-state index in [1.165, 1.54) is 11.3 Å². The average molecular weight is 413 g/mol. The van der Waals surface area contributed by atoms with Gasteiger partial charge in [-0.3, -0.25) is 4.79 Å². The molecule has 0 unspecified atom stereocenters. The van der Waals surface area contributed by atoms with E-state index in [0.717, 1.165) is 40.7 Å². The monoisotopic (exact) mass is 413 g/mol. The Kier molecular flexibility index (Phi) is 5.62. The summed E-state index contributed by atoms with van der Waals surface area (Å²) in [6.07, 6.45) is 2.56. The van der Waals surface area contributed by atoms with Gasteiger partial charge in [0.2, 0.25) is 0 Å². The fourth-order valence-electron chi connectivity index (χ4n) is 3.33. The Hall–Kier alpha value is -3.13. The van der Waals surface area contributed by atoms with E-state index in [9.17, 15) is 14.4 Å². The maximum atomic E-state index is 12.1. The fraction of sp³-hybridized carbons (Fsp3) is 0.286. The summed E-state index contributed by atoms with van der Waals surface area (Å²) >= 11 is 1.53. The van der Waals surface area contributed by atoms with E-state index in [1.807, 2.05) is 23.6 Å². The van der Waals surface area contributed by atoms with Gasteiger partial charge in [0.25, 0.3) is 5.91 Å². The number of benzene rings is 1. The standard InChI is InChI=1S/C21H19NO6S/c23-19(22-10-14-3-2-8-29-14)11-27-20(24)12-26-13-6-7-16-15-4-1-5-17(15)21(25)28-18(16)9-13/h2-3,6-9H,1,4-5,10-12H2,(H,22,23). The van der Waals surface area contributed by atoms with Crippen molar-refractivity contribution in [2.75, 3.05) is 13.2 Å². The number of rotatable bonds is 7. The Morgan fingerprint density at radius 3 is 2.83 bits per heavy atom. The zero-order chi connectivity index (χ0) is 20.2. The van der Waals surface area contributed by atoms with Gasteiger partial charge in [-0.25, -0.2) is 9.59 Å². The van der Waals surface area contributed by atoms with Crippen LogP contribution in [-0.2, 0) is 33.7 Å². The number of aryl methyl sites for hydroxylation is 1. The van der Waals surface area contributed by atoms with Gasteiger partial charge in [0.1, 0.15) is 11.3 Å². The highest BCUT2D eigenvalue weighted by Gasteiger charge is 2.19. The van der Waals surface area contributed by atoms with E-state index in [2.05, 4.69) is 5.32 Å². The molecule has 29 heavy (non-hydrogen) atoms. The molecule has 8 heteroatoms. The quantitative estimate of drug-likeness (QED) is 0.473. The molecule has 0 radical (unpaired) electrons. The molecule has 0 bridgehead atoms. The van der Waals surface area contributed by atoms with Crippen LogP contribution in [0.3, 0.4) is 0 Å². The SMILES string of the molecule is O=C(COC(=O)COc1ccc2c3c(c(=O)oc2c1)CCC3)NCc1cccs1. The van der Waals surface area contributed by atoms with Crippen LogP contribution in [0.25, 0.3) is 11.0 Å². The molecule has 3 aromatic rings. The van der Waals surface area contributed by atoms with Crippen LogP contribution in [0.15, 0.2) is 44.9 Å². The molecule has 0 saturated carbocycles. The summed E-state index contributed by atoms with van der Waals surface area (Å²) in [6, 6.07) is 8.96. The van der Waals surface area contributed by atoms with Crippen molar-refractivity contribution < 1.29 is 23.5 Å². The van der Waals surface area contributed by atoms with Gasteiger partial charge < -0.3 is 19.2 Å². The molecule has 1 N–H and O–H groups in total. The van der Waals surface area contributed by atoms with Crippen molar-refractivity contribution >= 4 is 34.2 Å². The first kappa shape index (κ1) is 19.2. The van der Waals surface area contributed by atoms with E-state index >= 15 is 0 Å². The lowest BCUT2D eigenvalue weighted by atomic mass is 10.1. The van der Waals surface area contributed by atoms with Gasteiger partial charge in [-0.15, -0.1) is 11.3 Å². The van der Waals surface area contributed by atoms with E-state index in [0.29, 0.717) is 17.9 Å². The molecule has 1 aliphatic carbocycles. The van der Waals surface area contributed by atoms with Crippen LogP contribution in [-0.4, -0.2) is 25.1 Å². The number of fused-ring (bicyclic) bond motifs is 3. The molecule has 2 aromatic heterocycles. The minimum Gasteiger partial charge on any atom is -0.482 e. The molecular weight excluding hydrogens is 394 g/mol. The van der Waals surface area contributed by atoms with Crippen LogP contribution in [0.1, 0.15) is 22.4 Å². The summed E-state index contributed by atoms with van der Waals surface area (Å²) < 4.78 is 15.7. The number of nitrogens with one attached hydrogen (secondary N) is 1. The first-order chi connectivity index (χ1) is 14.1. The molecule has 7 nitrogen and oxygen atoms in total. The Bertz CT molecular complexity index is 1100. The van der Waals surface area contributed by atoms with Gasteiger partial charge in [0.15, 0.2) is 13.2 Å². The van der Waals surface area contributed by atoms with Crippen molar-refractivity contribution in [3.8, 4) is 5.75 Å². The number of carbonyl (C=O) groups excluding carboxylic acids is 2. The Morgan fingerprint density at radius 2 is 2.00 bits per heavy atom. The van der Waals surface area contributed by atoms with Gasteiger partial charge in [-0.2, -0.15) is 0 Å². The van der Waals surface area contributed by atoms with Crippen molar-refractivity contribution in [1.29, 1.82) is 0 Å². The van der Waals surface area contributed by atoms with Crippen molar-refractivity contribution in [2.24, 2.45) is 0 Å². The highest BCUT2D eigenvalue weighted by Crippen LogP contribution is 2.29. The third-order valence-electron chi connectivity index (χ3n) is 4.71. The van der Waals surface area contributed by atoms with Crippen molar-refractivity contribution in [1.82, 2.24) is 5.32 Å². The molecule has 1 amide bonds. The topological polar surface area (TPSA) is 94.8 Å². The lowest BCUT2D eigenvalue weighted by molar-refractivity contribution is -0.150. The number of thiophene rings is 1. The molecule has 0 spiro atoms. The summed E-state index contributed by atoms with van der Waals surface area (Å²) in [6.45, 7) is -0.318. The van der Waals surface area contributed by atoms with Gasteiger partial charge in [0, 0.05) is 21.9 Å². The largest absolute Gasteiger partial charge is 0.482 e. The summed E-state index contributed by atoms with van der Waals surface area (Å²) in [4.78, 5) is 36.6. The number of ether oxygens (including phenoxy) is 2. The first-order valence-corrected chi connectivity index (χ1v) is 10.1. The molecule has 4 rings (SSSR count). The lowest BCUT2D eigenvalue weighted by Crippen LogP contribution is -2.29. The normalized spacial score (nSPS) is 12.6. The predicted molar refractivity (Wildman–Crippen MR) is 107 cm³/mol. The molecule has 2 heterocycles. The molecule has 0 atom stereocenters. The zero-order valence-corrected chi connectivity index (χ0v) is 16.4. The predicted octanol–water partition coefficient (Wildman–Crippen LogP) is 2.58. The minimum absolute atomic E-state index is 0.310. The second-order valence-corrected chi connectivity index (χ2v) is 7.70. The minimum atomic E-state index is -0.660. The third-order valence-corrected chi connectivity index (χ3v) is 5.58. The number of amides is 1. The maximum Gasteiger partial charge on any atom is 0.344 e. The third kappa shape index (κ3) is 4.48. The van der Waals surface area contributed by atoms with E-state index < -0.39 is 5.97 Å². The number of hydrogen-bond acceptors (Lipinski definition) is 7. The number of carbonyl (C=O) groups is 2. The van der Waals surface area contributed by atoms with Crippen LogP contribution in [0, 0.1) is 0 Å². The highest BCUT2D eigenvalue weighted by atomic mass is 32.1. The van der Waals surface area contributed by atoms with Crippen LogP contribution in [0.2, 0.25) is 0 Å². The van der Waals surface area contributed by atoms with E-state index in [-0.39, 0.29) is 24.7 Å². The van der Waals surface area contributed by atoms with Crippen LogP contribution in [0.4, 0.5) is 0 Å². The molecular formula is C21H19NO6S. The average Bonchev–Trinajstić information content (AvgIpc) is 3.41. The summed E-state index contributed by atoms with van der Waals surface area (Å²) in [5, 5.41) is 5.49. The van der Waals surface area contributed by atoms with E-state index in [4.69, 9.17) is 13.9 Å². The smallest absolute Gasteiger partial charge is 0.344 e. The molecule has 1 aromatic carbocycles. The Morgan fingerprint density at radius 1 is 1.14 bits per heavy atom. The van der Waals surface area contributed by atoms with E-state index in [1.54, 1.807) is 12.1 Å². The van der Waals surface area contributed by atoms with Gasteiger partial charge in [0.05, 0.1) is 6.54 Å². The number of hydrogen-bond donors (Lipinski definition) is 1. The molecule has 1 aliphatic rings. The molecule has 0 aliphatic heterocycles. The second kappa shape index (κ2) is 8.48. The van der Waals surface area contributed by atoms with Crippen molar-refractivity contribution in [2.45, 2.75) is 25.8 Å². The first-order valence-electron chi connectivity index (χ1n) is 9.26. The van der Waals surface area contributed by atoms with Crippen molar-refractivity contribution in [3.05, 3.63) is 62.1 Å². The van der Waals surface area contributed by atoms with Gasteiger partial charge in [-0.05, 0) is 48.4 Å². The fourth-order valence-corrected chi connectivity index (χ4v) is 3.98. The molecule has 0 fully saturated rings. The van der Waals surface area contributed by atoms with Crippen LogP contribution in [0.5, 0.6) is 5.75 Å². The zero-order valence-electron chi connectivity index (χ0n) is 15.6. The summed E-state index contributed by atoms with van der Waals surface area (Å²) in [5.41, 5.74) is 1.92. The highest BCUT2D eigenvalue weighted by molar-refractivity contribution is 7.09. The van der Waals surface area contributed by atoms with Gasteiger partial charge in [-0.1, -0.05) is 6.07 Å². The molecule has 0 saturated heterocycles. The maximum absolute atomic E-state index is 12.1. The second-order valence-electron chi connectivity index (χ2n) is 6.66. The van der Waals surface area contributed by atoms with Crippen LogP contribution >= 0.6 is 11.3 Å². The lowest BCUT2D eigenvalue weighted by Gasteiger charge is -2.09. The van der Waals surface area contributed by atoms with Crippen molar-refractivity contribution in [3.63, 3.8) is 0 Å². The van der Waals surface area contributed by atoms with Gasteiger partial charge >= 0.3 is 11.6 Å². The summed E-state index contributed by atoms with van der Waals surface area (Å²) in [5.74, 6) is -0.655. The Balaban J connectivity index is 1.29. The van der Waals surface area contributed by atoms with Crippen LogP contribution < -0.4 is 15.7 Å². The number of esters is 1. The molecule has 150 valence electrons.